The van der Waals surface area contributed by atoms with Crippen molar-refractivity contribution >= 4 is 5.91 Å². The van der Waals surface area contributed by atoms with E-state index in [2.05, 4.69) is 0 Å². The Hall–Kier alpha value is -2.13. The number of hydrogen-bond donors (Lipinski definition) is 1. The average Bonchev–Trinajstić information content (AvgIpc) is 2.54. The Bertz CT molecular complexity index is 742. The predicted octanol–water partition coefficient (Wildman–Crippen LogP) is 4.84. The van der Waals surface area contributed by atoms with Gasteiger partial charge >= 0.3 is 0 Å². The molecule has 1 amide bonds. The van der Waals surface area contributed by atoms with Gasteiger partial charge in [0.25, 0.3) is 5.91 Å². The molecule has 0 heterocycles. The second-order valence-corrected chi connectivity index (χ2v) is 7.65. The van der Waals surface area contributed by atoms with Crippen LogP contribution in [0, 0.1) is 13.8 Å². The van der Waals surface area contributed by atoms with Gasteiger partial charge in [-0.2, -0.15) is 0 Å². The van der Waals surface area contributed by atoms with Crippen LogP contribution in [0.2, 0.25) is 0 Å². The van der Waals surface area contributed by atoms with Crippen LogP contribution in [0.3, 0.4) is 0 Å². The van der Waals surface area contributed by atoms with Crippen molar-refractivity contribution in [2.45, 2.75) is 66.2 Å². The van der Waals surface area contributed by atoms with Gasteiger partial charge in [-0.15, -0.1) is 0 Å². The molecule has 26 heavy (non-hydrogen) atoms. The Balaban J connectivity index is 2.45. The zero-order valence-electron chi connectivity index (χ0n) is 16.8. The molecule has 2 rings (SSSR count). The Morgan fingerprint density at radius 3 is 2.12 bits per heavy atom. The predicted molar refractivity (Wildman–Crippen MR) is 107 cm³/mol. The van der Waals surface area contributed by atoms with E-state index in [4.69, 9.17) is 0 Å². The van der Waals surface area contributed by atoms with Crippen LogP contribution in [0.1, 0.15) is 66.4 Å². The molecule has 0 aromatic heterocycles. The highest BCUT2D eigenvalue weighted by molar-refractivity contribution is 5.97. The fraction of sp³-hybridized carbons (Fsp3) is 0.435. The quantitative estimate of drug-likeness (QED) is 0.807. The molecule has 0 saturated carbocycles. The molecule has 0 spiro atoms. The summed E-state index contributed by atoms with van der Waals surface area (Å²) in [6.07, 6.45) is -0.201. The first-order valence-corrected chi connectivity index (χ1v) is 9.38. The number of aliphatic hydroxyl groups excluding tert-OH is 1. The smallest absolute Gasteiger partial charge is 0.254 e. The molecule has 0 aliphatic carbocycles. The Morgan fingerprint density at radius 2 is 1.58 bits per heavy atom. The molecule has 0 aliphatic rings. The van der Waals surface area contributed by atoms with Crippen molar-refractivity contribution in [2.75, 3.05) is 0 Å². The van der Waals surface area contributed by atoms with Gasteiger partial charge in [0.15, 0.2) is 0 Å². The van der Waals surface area contributed by atoms with Gasteiger partial charge in [0.05, 0.1) is 6.10 Å². The van der Waals surface area contributed by atoms with Crippen molar-refractivity contribution in [3.05, 3.63) is 70.3 Å². The third kappa shape index (κ3) is 4.53. The van der Waals surface area contributed by atoms with E-state index < -0.39 is 6.10 Å². The normalized spacial score (nSPS) is 12.5. The molecule has 3 heteroatoms. The summed E-state index contributed by atoms with van der Waals surface area (Å²) in [7, 11) is 0. The monoisotopic (exact) mass is 353 g/mol. The Morgan fingerprint density at radius 1 is 1.00 bits per heavy atom. The van der Waals surface area contributed by atoms with Gasteiger partial charge in [-0.1, -0.05) is 48.0 Å². The number of nitrogens with zero attached hydrogens (tertiary/aromatic N) is 1. The van der Waals surface area contributed by atoms with Crippen LogP contribution >= 0.6 is 0 Å². The SMILES string of the molecule is Cc1cc(C)c(C(=O)N(C(C)C)C(C)C)c(CC(O)c2ccccc2)c1. The highest BCUT2D eigenvalue weighted by Gasteiger charge is 2.26. The molecule has 1 N–H and O–H groups in total. The third-order valence-electron chi connectivity index (χ3n) is 4.72. The van der Waals surface area contributed by atoms with Crippen LogP contribution in [0.25, 0.3) is 0 Å². The maximum Gasteiger partial charge on any atom is 0.254 e. The summed E-state index contributed by atoms with van der Waals surface area (Å²) >= 11 is 0. The van der Waals surface area contributed by atoms with Crippen LogP contribution in [0.4, 0.5) is 0 Å². The van der Waals surface area contributed by atoms with Crippen LogP contribution in [-0.2, 0) is 6.42 Å². The van der Waals surface area contributed by atoms with Crippen molar-refractivity contribution in [1.29, 1.82) is 0 Å². The molecule has 2 aromatic carbocycles. The minimum absolute atomic E-state index is 0.0442. The number of rotatable bonds is 6. The van der Waals surface area contributed by atoms with Gasteiger partial charge in [0.1, 0.15) is 0 Å². The maximum atomic E-state index is 13.3. The number of hydrogen-bond acceptors (Lipinski definition) is 2. The molecule has 0 fully saturated rings. The third-order valence-corrected chi connectivity index (χ3v) is 4.72. The molecular weight excluding hydrogens is 322 g/mol. The second kappa shape index (κ2) is 8.50. The van der Waals surface area contributed by atoms with Crippen molar-refractivity contribution in [3.63, 3.8) is 0 Å². The van der Waals surface area contributed by atoms with E-state index >= 15 is 0 Å². The summed E-state index contributed by atoms with van der Waals surface area (Å²) in [5.41, 5.74) is 4.59. The average molecular weight is 354 g/mol. The summed E-state index contributed by atoms with van der Waals surface area (Å²) < 4.78 is 0. The molecule has 140 valence electrons. The minimum atomic E-state index is -0.629. The van der Waals surface area contributed by atoms with E-state index in [1.807, 2.05) is 88.9 Å². The van der Waals surface area contributed by atoms with E-state index in [-0.39, 0.29) is 18.0 Å². The standard InChI is InChI=1S/C23H31NO2/c1-15(2)24(16(3)4)23(26)22-18(6)12-17(5)13-20(22)14-21(25)19-10-8-7-9-11-19/h7-13,15-16,21,25H,14H2,1-6H3. The molecule has 0 aliphatic heterocycles. The molecule has 0 radical (unpaired) electrons. The number of carbonyl (C=O) groups excluding carboxylic acids is 1. The van der Waals surface area contributed by atoms with Gasteiger partial charge < -0.3 is 10.0 Å². The molecule has 1 atom stereocenters. The lowest BCUT2D eigenvalue weighted by Gasteiger charge is -2.32. The molecule has 1 unspecified atom stereocenters. The minimum Gasteiger partial charge on any atom is -0.388 e. The van der Waals surface area contributed by atoms with E-state index in [0.717, 1.165) is 27.8 Å². The topological polar surface area (TPSA) is 40.5 Å². The first-order chi connectivity index (χ1) is 12.2. The van der Waals surface area contributed by atoms with Crippen molar-refractivity contribution in [1.82, 2.24) is 4.90 Å². The van der Waals surface area contributed by atoms with Gasteiger partial charge in [0.2, 0.25) is 0 Å². The van der Waals surface area contributed by atoms with Gasteiger partial charge in [0, 0.05) is 24.1 Å². The van der Waals surface area contributed by atoms with E-state index in [1.165, 1.54) is 0 Å². The van der Waals surface area contributed by atoms with Gasteiger partial charge in [-0.25, -0.2) is 0 Å². The zero-order chi connectivity index (χ0) is 19.4. The van der Waals surface area contributed by atoms with Gasteiger partial charge in [-0.05, 0) is 58.2 Å². The number of aryl methyl sites for hydroxylation is 2. The molecule has 3 nitrogen and oxygen atoms in total. The molecule has 0 saturated heterocycles. The van der Waals surface area contributed by atoms with Gasteiger partial charge in [-0.3, -0.25) is 4.79 Å². The first kappa shape index (κ1) is 20.2. The highest BCUT2D eigenvalue weighted by Crippen LogP contribution is 2.26. The van der Waals surface area contributed by atoms with E-state index in [0.29, 0.717) is 6.42 Å². The lowest BCUT2D eigenvalue weighted by atomic mass is 9.91. The molecule has 2 aromatic rings. The number of benzene rings is 2. The summed E-state index contributed by atoms with van der Waals surface area (Å²) in [6, 6.07) is 13.9. The maximum absolute atomic E-state index is 13.3. The largest absolute Gasteiger partial charge is 0.388 e. The summed E-state index contributed by atoms with van der Waals surface area (Å²) in [6.45, 7) is 12.2. The van der Waals surface area contributed by atoms with Crippen LogP contribution < -0.4 is 0 Å². The lowest BCUT2D eigenvalue weighted by Crippen LogP contribution is -2.42. The summed E-state index contributed by atoms with van der Waals surface area (Å²) in [5, 5.41) is 10.7. The Kier molecular flexibility index (Phi) is 6.60. The van der Waals surface area contributed by atoms with Crippen molar-refractivity contribution in [2.24, 2.45) is 0 Å². The summed E-state index contributed by atoms with van der Waals surface area (Å²) in [4.78, 5) is 15.3. The van der Waals surface area contributed by atoms with Crippen LogP contribution in [-0.4, -0.2) is 28.0 Å². The van der Waals surface area contributed by atoms with Crippen LogP contribution in [0.15, 0.2) is 42.5 Å². The lowest BCUT2D eigenvalue weighted by molar-refractivity contribution is 0.0641. The first-order valence-electron chi connectivity index (χ1n) is 9.38. The van der Waals surface area contributed by atoms with Crippen molar-refractivity contribution in [3.8, 4) is 0 Å². The highest BCUT2D eigenvalue weighted by atomic mass is 16.3. The zero-order valence-corrected chi connectivity index (χ0v) is 16.8. The van der Waals surface area contributed by atoms with Crippen LogP contribution in [0.5, 0.6) is 0 Å². The fourth-order valence-corrected chi connectivity index (χ4v) is 3.72. The molecular formula is C23H31NO2. The second-order valence-electron chi connectivity index (χ2n) is 7.65. The Labute approximate surface area is 157 Å². The summed E-state index contributed by atoms with van der Waals surface area (Å²) in [5.74, 6) is 0.0442. The van der Waals surface area contributed by atoms with E-state index in [9.17, 15) is 9.90 Å². The fourth-order valence-electron chi connectivity index (χ4n) is 3.72. The number of amides is 1. The number of aliphatic hydroxyl groups is 1. The molecule has 0 bridgehead atoms. The van der Waals surface area contributed by atoms with E-state index in [1.54, 1.807) is 0 Å². The van der Waals surface area contributed by atoms with Crippen molar-refractivity contribution < 1.29 is 9.90 Å². The number of carbonyl (C=O) groups is 1.